The van der Waals surface area contributed by atoms with Gasteiger partial charge in [-0.3, -0.25) is 4.79 Å². The van der Waals surface area contributed by atoms with Gasteiger partial charge in [-0.25, -0.2) is 13.1 Å². The van der Waals surface area contributed by atoms with Crippen molar-refractivity contribution in [2.45, 2.75) is 6.42 Å². The van der Waals surface area contributed by atoms with E-state index >= 15 is 0 Å². The van der Waals surface area contributed by atoms with Gasteiger partial charge in [-0.1, -0.05) is 18.2 Å². The van der Waals surface area contributed by atoms with Crippen LogP contribution in [0.4, 0.5) is 0 Å². The first kappa shape index (κ1) is 17.6. The van der Waals surface area contributed by atoms with Gasteiger partial charge in [0.1, 0.15) is 0 Å². The molecule has 118 valence electrons. The Morgan fingerprint density at radius 2 is 1.81 bits per heavy atom. The maximum absolute atomic E-state index is 11.7. The van der Waals surface area contributed by atoms with Crippen molar-refractivity contribution in [3.63, 3.8) is 0 Å². The molecule has 3 N–H and O–H groups in total. The van der Waals surface area contributed by atoms with Crippen molar-refractivity contribution in [2.24, 2.45) is 0 Å². The van der Waals surface area contributed by atoms with Gasteiger partial charge < -0.3 is 10.2 Å². The standard InChI is InChI=1S/C14H23N3O3S/c1-17(2)11-6-9-16-21(19,20)12-10-15-14(18)13-7-4-3-5-8-13/h3-5,7-8,16H,6,9-12H2,1-2H3,(H,15,18)/p+1. The third kappa shape index (κ3) is 7.79. The third-order valence-electron chi connectivity index (χ3n) is 2.87. The van der Waals surface area contributed by atoms with E-state index in [1.807, 2.05) is 20.2 Å². The lowest BCUT2D eigenvalue weighted by Gasteiger charge is -2.09. The van der Waals surface area contributed by atoms with Crippen molar-refractivity contribution in [1.29, 1.82) is 0 Å². The Morgan fingerprint density at radius 3 is 2.43 bits per heavy atom. The highest BCUT2D eigenvalue weighted by Gasteiger charge is 2.11. The lowest BCUT2D eigenvalue weighted by Crippen LogP contribution is -3.05. The van der Waals surface area contributed by atoms with E-state index in [0.29, 0.717) is 12.1 Å². The Balaban J connectivity index is 2.26. The minimum absolute atomic E-state index is 0.0992. The highest BCUT2D eigenvalue weighted by molar-refractivity contribution is 7.89. The van der Waals surface area contributed by atoms with Gasteiger partial charge in [-0.2, -0.15) is 0 Å². The topological polar surface area (TPSA) is 79.7 Å². The molecule has 0 aromatic heterocycles. The maximum atomic E-state index is 11.7. The van der Waals surface area contributed by atoms with Crippen LogP contribution in [0.2, 0.25) is 0 Å². The summed E-state index contributed by atoms with van der Waals surface area (Å²) in [6, 6.07) is 8.72. The molecule has 1 aromatic carbocycles. The summed E-state index contributed by atoms with van der Waals surface area (Å²) in [6.45, 7) is 1.44. The van der Waals surface area contributed by atoms with E-state index < -0.39 is 10.0 Å². The fraction of sp³-hybridized carbons (Fsp3) is 0.500. The monoisotopic (exact) mass is 314 g/mol. The van der Waals surface area contributed by atoms with E-state index in [1.165, 1.54) is 4.90 Å². The predicted molar refractivity (Wildman–Crippen MR) is 82.9 cm³/mol. The van der Waals surface area contributed by atoms with E-state index in [9.17, 15) is 13.2 Å². The van der Waals surface area contributed by atoms with E-state index in [-0.39, 0.29) is 18.2 Å². The van der Waals surface area contributed by atoms with E-state index in [4.69, 9.17) is 0 Å². The molecule has 1 amide bonds. The van der Waals surface area contributed by atoms with Crippen molar-refractivity contribution < 1.29 is 18.1 Å². The Kier molecular flexibility index (Phi) is 7.35. The predicted octanol–water partition coefficient (Wildman–Crippen LogP) is -1.13. The summed E-state index contributed by atoms with van der Waals surface area (Å²) in [4.78, 5) is 13.0. The summed E-state index contributed by atoms with van der Waals surface area (Å²) in [5.74, 6) is -0.373. The summed E-state index contributed by atoms with van der Waals surface area (Å²) in [6.07, 6.45) is 0.790. The Labute approximate surface area is 126 Å². The Morgan fingerprint density at radius 1 is 1.14 bits per heavy atom. The van der Waals surface area contributed by atoms with Gasteiger partial charge in [0.25, 0.3) is 5.91 Å². The van der Waals surface area contributed by atoms with Crippen molar-refractivity contribution in [2.75, 3.05) is 39.5 Å². The molecule has 1 rings (SSSR count). The van der Waals surface area contributed by atoms with Crippen LogP contribution < -0.4 is 14.9 Å². The molecule has 0 spiro atoms. The van der Waals surface area contributed by atoms with Crippen LogP contribution in [0.3, 0.4) is 0 Å². The molecule has 0 atom stereocenters. The molecule has 7 heteroatoms. The van der Waals surface area contributed by atoms with Gasteiger partial charge in [-0.05, 0) is 12.1 Å². The number of carbonyl (C=O) groups excluding carboxylic acids is 1. The van der Waals surface area contributed by atoms with E-state index in [2.05, 4.69) is 10.0 Å². The molecule has 21 heavy (non-hydrogen) atoms. The smallest absolute Gasteiger partial charge is 0.251 e. The number of sulfonamides is 1. The molecule has 0 radical (unpaired) electrons. The number of carbonyl (C=O) groups is 1. The highest BCUT2D eigenvalue weighted by atomic mass is 32.2. The molecular formula is C14H24N3O3S+. The van der Waals surface area contributed by atoms with Crippen LogP contribution in [-0.4, -0.2) is 53.8 Å². The van der Waals surface area contributed by atoms with Crippen molar-refractivity contribution in [3.05, 3.63) is 35.9 Å². The lowest BCUT2D eigenvalue weighted by molar-refractivity contribution is -0.858. The second kappa shape index (κ2) is 8.76. The molecule has 0 aliphatic rings. The molecule has 0 saturated heterocycles. The minimum Gasteiger partial charge on any atom is -0.351 e. The average Bonchev–Trinajstić information content (AvgIpc) is 2.44. The summed E-state index contributed by atoms with van der Waals surface area (Å²) in [7, 11) is 0.712. The molecule has 0 unspecified atom stereocenters. The van der Waals surface area contributed by atoms with Crippen LogP contribution in [-0.2, 0) is 10.0 Å². The van der Waals surface area contributed by atoms with Crippen LogP contribution in [0.25, 0.3) is 0 Å². The van der Waals surface area contributed by atoms with Crippen LogP contribution in [0, 0.1) is 0 Å². The normalized spacial score (nSPS) is 11.6. The first-order valence-corrected chi connectivity index (χ1v) is 8.65. The largest absolute Gasteiger partial charge is 0.351 e. The maximum Gasteiger partial charge on any atom is 0.251 e. The number of amides is 1. The van der Waals surface area contributed by atoms with Gasteiger partial charge in [0.05, 0.1) is 26.4 Å². The molecule has 0 aliphatic carbocycles. The van der Waals surface area contributed by atoms with Gasteiger partial charge >= 0.3 is 0 Å². The number of quaternary nitrogens is 1. The number of nitrogens with one attached hydrogen (secondary N) is 3. The Hall–Kier alpha value is -1.44. The zero-order chi connectivity index (χ0) is 15.7. The summed E-state index contributed by atoms with van der Waals surface area (Å²) >= 11 is 0. The second-order valence-electron chi connectivity index (χ2n) is 5.15. The number of rotatable bonds is 9. The quantitative estimate of drug-likeness (QED) is 0.505. The first-order chi connectivity index (χ1) is 9.91. The van der Waals surface area contributed by atoms with Crippen molar-refractivity contribution >= 4 is 15.9 Å². The average molecular weight is 314 g/mol. The second-order valence-corrected chi connectivity index (χ2v) is 7.07. The fourth-order valence-corrected chi connectivity index (χ4v) is 2.70. The van der Waals surface area contributed by atoms with Gasteiger partial charge in [0.15, 0.2) is 0 Å². The highest BCUT2D eigenvalue weighted by Crippen LogP contribution is 1.97. The SMILES string of the molecule is C[NH+](C)CCCNS(=O)(=O)CCNC(=O)c1ccccc1. The van der Waals surface area contributed by atoms with Crippen LogP contribution in [0.5, 0.6) is 0 Å². The summed E-state index contributed by atoms with van der Waals surface area (Å²) in [5, 5.41) is 2.60. The van der Waals surface area contributed by atoms with Crippen LogP contribution >= 0.6 is 0 Å². The lowest BCUT2D eigenvalue weighted by atomic mass is 10.2. The number of hydrogen-bond acceptors (Lipinski definition) is 3. The van der Waals surface area contributed by atoms with E-state index in [0.717, 1.165) is 13.0 Å². The number of benzene rings is 1. The van der Waals surface area contributed by atoms with Crippen LogP contribution in [0.1, 0.15) is 16.8 Å². The van der Waals surface area contributed by atoms with Gasteiger partial charge in [0.2, 0.25) is 10.0 Å². The molecule has 0 fully saturated rings. The van der Waals surface area contributed by atoms with Gasteiger partial charge in [0, 0.05) is 25.1 Å². The fourth-order valence-electron chi connectivity index (χ4n) is 1.73. The molecule has 6 nitrogen and oxygen atoms in total. The van der Waals surface area contributed by atoms with Gasteiger partial charge in [-0.15, -0.1) is 0 Å². The molecule has 0 bridgehead atoms. The van der Waals surface area contributed by atoms with E-state index in [1.54, 1.807) is 24.3 Å². The zero-order valence-electron chi connectivity index (χ0n) is 12.6. The molecule has 1 aromatic rings. The van der Waals surface area contributed by atoms with Crippen molar-refractivity contribution in [1.82, 2.24) is 10.0 Å². The number of hydrogen-bond donors (Lipinski definition) is 3. The summed E-state index contributed by atoms with van der Waals surface area (Å²) in [5.41, 5.74) is 0.525. The molecule has 0 aliphatic heterocycles. The van der Waals surface area contributed by atoms with Crippen molar-refractivity contribution in [3.8, 4) is 0 Å². The summed E-state index contributed by atoms with van der Waals surface area (Å²) < 4.78 is 26.0. The van der Waals surface area contributed by atoms with Crippen LogP contribution in [0.15, 0.2) is 30.3 Å². The molecule has 0 heterocycles. The molecule has 0 saturated carbocycles. The zero-order valence-corrected chi connectivity index (χ0v) is 13.4. The Bertz CT molecular complexity index is 530. The first-order valence-electron chi connectivity index (χ1n) is 7.00. The molecular weight excluding hydrogens is 290 g/mol. The third-order valence-corrected chi connectivity index (χ3v) is 4.25. The minimum atomic E-state index is -3.33.